The molecule has 4 heteroatoms. The van der Waals surface area contributed by atoms with Crippen molar-refractivity contribution in [1.29, 1.82) is 0 Å². The van der Waals surface area contributed by atoms with Gasteiger partial charge in [-0.25, -0.2) is 0 Å². The summed E-state index contributed by atoms with van der Waals surface area (Å²) in [5.74, 6) is 0.0524. The van der Waals surface area contributed by atoms with Gasteiger partial charge in [0.1, 0.15) is 0 Å². The Hall–Kier alpha value is -0.610. The van der Waals surface area contributed by atoms with Crippen LogP contribution in [-0.4, -0.2) is 36.8 Å². The molecule has 3 N–H and O–H groups in total. The summed E-state index contributed by atoms with van der Waals surface area (Å²) in [6, 6.07) is 0.577. The molecule has 0 heterocycles. The predicted molar refractivity (Wildman–Crippen MR) is 52.8 cm³/mol. The zero-order valence-electron chi connectivity index (χ0n) is 8.38. The third kappa shape index (κ3) is 2.69. The minimum absolute atomic E-state index is 0.0231. The second-order valence-electron chi connectivity index (χ2n) is 4.59. The fourth-order valence-electron chi connectivity index (χ4n) is 1.44. The van der Waals surface area contributed by atoms with E-state index in [2.05, 4.69) is 10.6 Å². The summed E-state index contributed by atoms with van der Waals surface area (Å²) in [6.45, 7) is 1.25. The van der Waals surface area contributed by atoms with Gasteiger partial charge in [-0.05, 0) is 25.7 Å². The molecule has 0 unspecified atom stereocenters. The van der Waals surface area contributed by atoms with E-state index in [1.165, 1.54) is 12.8 Å². The standard InChI is InChI=1S/C10H18N2O2/c13-7-10(3-4-10)6-12-9(14)5-11-8-1-2-8/h8,11,13H,1-7H2,(H,12,14). The SMILES string of the molecule is O=C(CNC1CC1)NCC1(CO)CC1. The van der Waals surface area contributed by atoms with Gasteiger partial charge in [0.15, 0.2) is 0 Å². The molecule has 4 nitrogen and oxygen atoms in total. The Labute approximate surface area is 84.1 Å². The molecule has 2 rings (SSSR count). The van der Waals surface area contributed by atoms with Gasteiger partial charge >= 0.3 is 0 Å². The quantitative estimate of drug-likeness (QED) is 0.545. The number of amides is 1. The molecular formula is C10H18N2O2. The Morgan fingerprint density at radius 3 is 2.64 bits per heavy atom. The molecule has 2 saturated carbocycles. The molecular weight excluding hydrogens is 180 g/mol. The second kappa shape index (κ2) is 3.87. The van der Waals surface area contributed by atoms with Crippen molar-refractivity contribution in [2.75, 3.05) is 19.7 Å². The smallest absolute Gasteiger partial charge is 0.233 e. The van der Waals surface area contributed by atoms with E-state index >= 15 is 0 Å². The lowest BCUT2D eigenvalue weighted by molar-refractivity contribution is -0.120. The van der Waals surface area contributed by atoms with E-state index in [0.717, 1.165) is 12.8 Å². The molecule has 2 fully saturated rings. The number of hydrogen-bond donors (Lipinski definition) is 3. The van der Waals surface area contributed by atoms with Crippen LogP contribution >= 0.6 is 0 Å². The normalized spacial score (nSPS) is 23.2. The molecule has 2 aliphatic rings. The third-order valence-corrected chi connectivity index (χ3v) is 3.08. The Morgan fingerprint density at radius 2 is 2.14 bits per heavy atom. The molecule has 80 valence electrons. The molecule has 0 saturated heterocycles. The highest BCUT2D eigenvalue weighted by molar-refractivity contribution is 5.78. The predicted octanol–water partition coefficient (Wildman–Crippen LogP) is -0.373. The van der Waals surface area contributed by atoms with Crippen LogP contribution in [0.2, 0.25) is 0 Å². The minimum Gasteiger partial charge on any atom is -0.396 e. The molecule has 0 aromatic carbocycles. The average molecular weight is 198 g/mol. The van der Waals surface area contributed by atoms with Crippen LogP contribution in [0.5, 0.6) is 0 Å². The van der Waals surface area contributed by atoms with Crippen LogP contribution in [0.25, 0.3) is 0 Å². The largest absolute Gasteiger partial charge is 0.396 e. The lowest BCUT2D eigenvalue weighted by Gasteiger charge is -2.12. The van der Waals surface area contributed by atoms with Crippen molar-refractivity contribution < 1.29 is 9.90 Å². The zero-order chi connectivity index (χ0) is 10.0. The summed E-state index contributed by atoms with van der Waals surface area (Å²) in [5.41, 5.74) is 0.0231. The van der Waals surface area contributed by atoms with Gasteiger partial charge in [-0.15, -0.1) is 0 Å². The number of hydrogen-bond acceptors (Lipinski definition) is 3. The highest BCUT2D eigenvalue weighted by atomic mass is 16.3. The first-order chi connectivity index (χ1) is 6.74. The summed E-state index contributed by atoms with van der Waals surface area (Å²) in [6.07, 6.45) is 4.49. The Kier molecular flexibility index (Phi) is 2.74. The van der Waals surface area contributed by atoms with Crippen molar-refractivity contribution >= 4 is 5.91 Å². The maximum Gasteiger partial charge on any atom is 0.233 e. The van der Waals surface area contributed by atoms with Crippen LogP contribution in [0.15, 0.2) is 0 Å². The van der Waals surface area contributed by atoms with Gasteiger partial charge in [0.05, 0.1) is 13.2 Å². The van der Waals surface area contributed by atoms with Crippen LogP contribution in [0.1, 0.15) is 25.7 Å². The molecule has 14 heavy (non-hydrogen) atoms. The van der Waals surface area contributed by atoms with E-state index in [9.17, 15) is 4.79 Å². The van der Waals surface area contributed by atoms with Crippen LogP contribution in [0.3, 0.4) is 0 Å². The van der Waals surface area contributed by atoms with E-state index < -0.39 is 0 Å². The Morgan fingerprint density at radius 1 is 1.43 bits per heavy atom. The summed E-state index contributed by atoms with van der Waals surface area (Å²) in [5, 5.41) is 15.0. The number of carbonyl (C=O) groups is 1. The molecule has 0 bridgehead atoms. The van der Waals surface area contributed by atoms with E-state index in [1.807, 2.05) is 0 Å². The van der Waals surface area contributed by atoms with Crippen molar-refractivity contribution in [1.82, 2.24) is 10.6 Å². The highest BCUT2D eigenvalue weighted by Gasteiger charge is 2.42. The molecule has 0 aromatic rings. The lowest BCUT2D eigenvalue weighted by atomic mass is 10.1. The van der Waals surface area contributed by atoms with Crippen molar-refractivity contribution in [2.24, 2.45) is 5.41 Å². The summed E-state index contributed by atoms with van der Waals surface area (Å²) in [7, 11) is 0. The second-order valence-corrected chi connectivity index (χ2v) is 4.59. The monoisotopic (exact) mass is 198 g/mol. The Balaban J connectivity index is 1.57. The van der Waals surface area contributed by atoms with Gasteiger partial charge in [-0.1, -0.05) is 0 Å². The average Bonchev–Trinajstić information content (AvgIpc) is 3.06. The van der Waals surface area contributed by atoms with Gasteiger partial charge in [-0.2, -0.15) is 0 Å². The fraction of sp³-hybridized carbons (Fsp3) is 0.900. The van der Waals surface area contributed by atoms with Gasteiger partial charge < -0.3 is 15.7 Å². The van der Waals surface area contributed by atoms with Gasteiger partial charge in [-0.3, -0.25) is 4.79 Å². The maximum absolute atomic E-state index is 11.3. The van der Waals surface area contributed by atoms with Crippen LogP contribution in [-0.2, 0) is 4.79 Å². The van der Waals surface area contributed by atoms with Gasteiger partial charge in [0.25, 0.3) is 0 Å². The zero-order valence-corrected chi connectivity index (χ0v) is 8.38. The number of aliphatic hydroxyl groups is 1. The summed E-state index contributed by atoms with van der Waals surface area (Å²) >= 11 is 0. The minimum atomic E-state index is 0.0231. The van der Waals surface area contributed by atoms with E-state index in [-0.39, 0.29) is 17.9 Å². The van der Waals surface area contributed by atoms with Gasteiger partial charge in [0, 0.05) is 18.0 Å². The van der Waals surface area contributed by atoms with Crippen LogP contribution in [0.4, 0.5) is 0 Å². The Bertz CT molecular complexity index is 222. The molecule has 1 amide bonds. The van der Waals surface area contributed by atoms with Crippen molar-refractivity contribution in [3.8, 4) is 0 Å². The molecule has 0 atom stereocenters. The van der Waals surface area contributed by atoms with E-state index in [4.69, 9.17) is 5.11 Å². The highest BCUT2D eigenvalue weighted by Crippen LogP contribution is 2.44. The summed E-state index contributed by atoms with van der Waals surface area (Å²) < 4.78 is 0. The molecule has 0 aromatic heterocycles. The number of aliphatic hydroxyl groups excluding tert-OH is 1. The van der Waals surface area contributed by atoms with Crippen molar-refractivity contribution in [3.05, 3.63) is 0 Å². The molecule has 2 aliphatic carbocycles. The molecule has 0 radical (unpaired) electrons. The maximum atomic E-state index is 11.3. The first-order valence-electron chi connectivity index (χ1n) is 5.35. The number of nitrogens with one attached hydrogen (secondary N) is 2. The fourth-order valence-corrected chi connectivity index (χ4v) is 1.44. The van der Waals surface area contributed by atoms with Crippen molar-refractivity contribution in [3.63, 3.8) is 0 Å². The van der Waals surface area contributed by atoms with Crippen molar-refractivity contribution in [2.45, 2.75) is 31.7 Å². The number of rotatable bonds is 6. The van der Waals surface area contributed by atoms with Crippen LogP contribution in [0, 0.1) is 5.41 Å². The number of carbonyl (C=O) groups excluding carboxylic acids is 1. The van der Waals surface area contributed by atoms with Gasteiger partial charge in [0.2, 0.25) is 5.91 Å². The summed E-state index contributed by atoms with van der Waals surface area (Å²) in [4.78, 5) is 11.3. The lowest BCUT2D eigenvalue weighted by Crippen LogP contribution is -2.38. The third-order valence-electron chi connectivity index (χ3n) is 3.08. The topological polar surface area (TPSA) is 61.4 Å². The van der Waals surface area contributed by atoms with Crippen LogP contribution < -0.4 is 10.6 Å². The first kappa shape index (κ1) is 9.93. The molecule has 0 spiro atoms. The first-order valence-corrected chi connectivity index (χ1v) is 5.35. The molecule has 0 aliphatic heterocycles. The van der Waals surface area contributed by atoms with E-state index in [0.29, 0.717) is 19.1 Å². The van der Waals surface area contributed by atoms with E-state index in [1.54, 1.807) is 0 Å².